The summed E-state index contributed by atoms with van der Waals surface area (Å²) < 4.78 is 13.6. The maximum absolute atomic E-state index is 12.1. The number of carbonyl (C=O) groups excluding carboxylic acids is 1. The highest BCUT2D eigenvalue weighted by Gasteiger charge is 2.21. The molecule has 184 valence electrons. The molecule has 0 aliphatic rings. The van der Waals surface area contributed by atoms with Gasteiger partial charge in [0.1, 0.15) is 23.3 Å². The van der Waals surface area contributed by atoms with Crippen molar-refractivity contribution in [2.75, 3.05) is 11.9 Å². The monoisotopic (exact) mass is 501 g/mol. The molecule has 0 aliphatic carbocycles. The van der Waals surface area contributed by atoms with Gasteiger partial charge in [0.15, 0.2) is 5.82 Å². The number of amides is 1. The molecule has 3 heterocycles. The van der Waals surface area contributed by atoms with Gasteiger partial charge in [-0.15, -0.1) is 0 Å². The number of rotatable bonds is 8. The van der Waals surface area contributed by atoms with E-state index >= 15 is 0 Å². The number of hydrogen-bond acceptors (Lipinski definition) is 8. The van der Waals surface area contributed by atoms with Crippen LogP contribution in [0.1, 0.15) is 19.4 Å². The molecule has 0 radical (unpaired) electrons. The van der Waals surface area contributed by atoms with Crippen molar-refractivity contribution in [2.45, 2.75) is 32.9 Å². The molecule has 0 spiro atoms. The van der Waals surface area contributed by atoms with Crippen LogP contribution in [0.15, 0.2) is 61.2 Å². The van der Waals surface area contributed by atoms with Crippen molar-refractivity contribution in [2.24, 2.45) is 5.73 Å². The van der Waals surface area contributed by atoms with Crippen molar-refractivity contribution in [3.63, 3.8) is 0 Å². The topological polar surface area (TPSA) is 120 Å². The molecule has 10 heteroatoms. The van der Waals surface area contributed by atoms with Gasteiger partial charge >= 0.3 is 0 Å². The Labute approximate surface area is 212 Å². The van der Waals surface area contributed by atoms with E-state index < -0.39 is 5.54 Å². The van der Waals surface area contributed by atoms with Crippen LogP contribution in [0.25, 0.3) is 21.1 Å². The van der Waals surface area contributed by atoms with Gasteiger partial charge in [0.25, 0.3) is 0 Å². The third-order valence-corrected chi connectivity index (χ3v) is 6.55. The lowest BCUT2D eigenvalue weighted by molar-refractivity contribution is -0.125. The molecule has 0 atom stereocenters. The van der Waals surface area contributed by atoms with Crippen molar-refractivity contribution in [1.29, 1.82) is 0 Å². The Hall–Kier alpha value is -4.02. The van der Waals surface area contributed by atoms with Crippen LogP contribution in [0.2, 0.25) is 0 Å². The number of aryl methyl sites for hydroxylation is 1. The first-order valence-corrected chi connectivity index (χ1v) is 12.3. The van der Waals surface area contributed by atoms with Crippen molar-refractivity contribution in [3.05, 3.63) is 66.7 Å². The zero-order valence-corrected chi connectivity index (χ0v) is 21.1. The van der Waals surface area contributed by atoms with Gasteiger partial charge in [-0.25, -0.2) is 9.97 Å². The van der Waals surface area contributed by atoms with Gasteiger partial charge in [-0.2, -0.15) is 4.37 Å². The first-order chi connectivity index (χ1) is 17.3. The molecule has 0 aliphatic heterocycles. The average Bonchev–Trinajstić information content (AvgIpc) is 3.48. The molecule has 0 unspecified atom stereocenters. The van der Waals surface area contributed by atoms with E-state index in [1.54, 1.807) is 13.8 Å². The molecule has 9 nitrogen and oxygen atoms in total. The van der Waals surface area contributed by atoms with Crippen LogP contribution in [-0.2, 0) is 11.3 Å². The Morgan fingerprint density at radius 2 is 2.03 bits per heavy atom. The van der Waals surface area contributed by atoms with Gasteiger partial charge < -0.3 is 25.7 Å². The number of hydrogen-bond donors (Lipinski definition) is 3. The minimum absolute atomic E-state index is 0.196. The number of nitrogens with one attached hydrogen (secondary N) is 2. The zero-order chi connectivity index (χ0) is 25.3. The van der Waals surface area contributed by atoms with Crippen molar-refractivity contribution in [3.8, 4) is 11.5 Å². The van der Waals surface area contributed by atoms with E-state index in [9.17, 15) is 4.79 Å². The van der Waals surface area contributed by atoms with E-state index in [1.165, 1.54) is 17.9 Å². The Morgan fingerprint density at radius 1 is 1.17 bits per heavy atom. The van der Waals surface area contributed by atoms with Crippen LogP contribution in [0.5, 0.6) is 11.5 Å². The SMILES string of the molecule is Cc1cc(Nc2ncnc3ccn(CCNC(=O)C(C)(C)N)c23)ccc1Oc1cccc2sncc12. The lowest BCUT2D eigenvalue weighted by Gasteiger charge is -2.18. The second-order valence-electron chi connectivity index (χ2n) is 9.14. The van der Waals surface area contributed by atoms with Crippen molar-refractivity contribution < 1.29 is 9.53 Å². The summed E-state index contributed by atoms with van der Waals surface area (Å²) in [6.45, 7) is 6.37. The largest absolute Gasteiger partial charge is 0.456 e. The normalized spacial score (nSPS) is 11.7. The standard InChI is InChI=1S/C26H27N7O2S/c1-16-13-17(7-8-20(16)35-21-5-4-6-22-18(21)14-31-36-22)32-24-23-19(29-15-30-24)9-11-33(23)12-10-28-25(34)26(2,3)27/h4-9,11,13-15H,10,12,27H2,1-3H3,(H,28,34)(H,29,30,32). The highest BCUT2D eigenvalue weighted by Crippen LogP contribution is 2.34. The van der Waals surface area contributed by atoms with Crippen LogP contribution < -0.4 is 21.1 Å². The number of ether oxygens (including phenoxy) is 1. The summed E-state index contributed by atoms with van der Waals surface area (Å²) >= 11 is 1.45. The molecule has 36 heavy (non-hydrogen) atoms. The van der Waals surface area contributed by atoms with E-state index in [2.05, 4.69) is 25.0 Å². The summed E-state index contributed by atoms with van der Waals surface area (Å²) in [4.78, 5) is 21.0. The minimum atomic E-state index is -0.921. The summed E-state index contributed by atoms with van der Waals surface area (Å²) in [6.07, 6.45) is 5.30. The summed E-state index contributed by atoms with van der Waals surface area (Å²) in [5.41, 5.74) is 8.47. The number of carbonyl (C=O) groups is 1. The molecule has 1 amide bonds. The molecule has 5 rings (SSSR count). The molecule has 0 saturated heterocycles. The molecule has 0 fully saturated rings. The molecule has 2 aromatic carbocycles. The maximum atomic E-state index is 12.1. The molecular weight excluding hydrogens is 474 g/mol. The smallest absolute Gasteiger partial charge is 0.239 e. The highest BCUT2D eigenvalue weighted by atomic mass is 32.1. The highest BCUT2D eigenvalue weighted by molar-refractivity contribution is 7.13. The van der Waals surface area contributed by atoms with E-state index in [4.69, 9.17) is 10.5 Å². The number of nitrogens with zero attached hydrogens (tertiary/aromatic N) is 4. The lowest BCUT2D eigenvalue weighted by atomic mass is 10.1. The van der Waals surface area contributed by atoms with Gasteiger partial charge in [0.2, 0.25) is 5.91 Å². The average molecular weight is 502 g/mol. The van der Waals surface area contributed by atoms with E-state index in [0.717, 1.165) is 43.9 Å². The molecule has 0 bridgehead atoms. The molecule has 5 aromatic rings. The fourth-order valence-corrected chi connectivity index (χ4v) is 4.54. The van der Waals surface area contributed by atoms with Gasteiger partial charge in [0.05, 0.1) is 27.3 Å². The third kappa shape index (κ3) is 4.86. The molecule has 3 aromatic heterocycles. The predicted molar refractivity (Wildman–Crippen MR) is 143 cm³/mol. The number of nitrogens with two attached hydrogens (primary N) is 1. The fourth-order valence-electron chi connectivity index (χ4n) is 3.88. The van der Waals surface area contributed by atoms with E-state index in [0.29, 0.717) is 18.9 Å². The zero-order valence-electron chi connectivity index (χ0n) is 20.3. The molecule has 4 N–H and O–H groups in total. The van der Waals surface area contributed by atoms with Crippen LogP contribution in [0, 0.1) is 6.92 Å². The molecular formula is C26H27N7O2S. The van der Waals surface area contributed by atoms with Crippen LogP contribution >= 0.6 is 11.5 Å². The Balaban J connectivity index is 1.34. The van der Waals surface area contributed by atoms with Crippen molar-refractivity contribution >= 4 is 50.1 Å². The predicted octanol–water partition coefficient (Wildman–Crippen LogP) is 4.74. The second kappa shape index (κ2) is 9.56. The lowest BCUT2D eigenvalue weighted by Crippen LogP contribution is -2.49. The second-order valence-corrected chi connectivity index (χ2v) is 9.98. The Morgan fingerprint density at radius 3 is 2.83 bits per heavy atom. The minimum Gasteiger partial charge on any atom is -0.456 e. The fraction of sp³-hybridized carbons (Fsp3) is 0.231. The Kier molecular flexibility index (Phi) is 6.29. The number of fused-ring (bicyclic) bond motifs is 2. The van der Waals surface area contributed by atoms with Gasteiger partial charge in [-0.05, 0) is 74.3 Å². The van der Waals surface area contributed by atoms with Gasteiger partial charge in [-0.1, -0.05) is 6.07 Å². The summed E-state index contributed by atoms with van der Waals surface area (Å²) in [7, 11) is 0. The number of anilines is 2. The van der Waals surface area contributed by atoms with E-state index in [1.807, 2.05) is 66.3 Å². The molecule has 0 saturated carbocycles. The first kappa shape index (κ1) is 23.7. The third-order valence-electron chi connectivity index (χ3n) is 5.79. The summed E-state index contributed by atoms with van der Waals surface area (Å²) in [5.74, 6) is 2.04. The van der Waals surface area contributed by atoms with Gasteiger partial charge in [0, 0.05) is 25.0 Å². The van der Waals surface area contributed by atoms with Gasteiger partial charge in [-0.3, -0.25) is 4.79 Å². The van der Waals surface area contributed by atoms with Crippen LogP contribution in [0.3, 0.4) is 0 Å². The quantitative estimate of drug-likeness (QED) is 0.281. The summed E-state index contributed by atoms with van der Waals surface area (Å²) in [6, 6.07) is 13.8. The number of benzene rings is 2. The summed E-state index contributed by atoms with van der Waals surface area (Å²) in [5, 5.41) is 7.29. The van der Waals surface area contributed by atoms with Crippen LogP contribution in [0.4, 0.5) is 11.5 Å². The van der Waals surface area contributed by atoms with E-state index in [-0.39, 0.29) is 5.91 Å². The van der Waals surface area contributed by atoms with Crippen LogP contribution in [-0.4, -0.2) is 36.9 Å². The first-order valence-electron chi connectivity index (χ1n) is 11.6. The maximum Gasteiger partial charge on any atom is 0.239 e. The number of aromatic nitrogens is 4. The van der Waals surface area contributed by atoms with Crippen molar-refractivity contribution in [1.82, 2.24) is 24.2 Å². The Bertz CT molecular complexity index is 1550.